The summed E-state index contributed by atoms with van der Waals surface area (Å²) in [5.41, 5.74) is 0. The Morgan fingerprint density at radius 1 is 1.00 bits per heavy atom. The number of likely N-dealkylation sites (N-methyl/N-ethyl adjacent to an activating group) is 1. The molecule has 3 nitrogen and oxygen atoms in total. The highest BCUT2D eigenvalue weighted by molar-refractivity contribution is 4.53. The first-order valence-corrected chi connectivity index (χ1v) is 5.73. The second-order valence-corrected chi connectivity index (χ2v) is 3.54. The van der Waals surface area contributed by atoms with Crippen molar-refractivity contribution in [1.82, 2.24) is 9.80 Å². The molecular weight excluding hydrogens is 176 g/mol. The normalized spacial score (nSPS) is 17.8. The van der Waals surface area contributed by atoms with Crippen molar-refractivity contribution >= 4 is 0 Å². The van der Waals surface area contributed by atoms with E-state index in [1.54, 1.807) is 0 Å². The van der Waals surface area contributed by atoms with Crippen LogP contribution in [0.4, 0.5) is 0 Å². The van der Waals surface area contributed by atoms with E-state index in [-0.39, 0.29) is 0 Å². The second kappa shape index (κ2) is 9.44. The molecule has 0 aromatic heterocycles. The maximum atomic E-state index is 5.10. The van der Waals surface area contributed by atoms with Gasteiger partial charge in [0.25, 0.3) is 0 Å². The standard InChI is InChI=1S/C6H15N.C5H11NO/c1-4-7(5-2)6-3;1-6-2-4-7-5-3-6/h4-6H2,1-3H3;2-5H2,1H3. The van der Waals surface area contributed by atoms with Crippen molar-refractivity contribution in [2.75, 3.05) is 53.0 Å². The maximum absolute atomic E-state index is 5.10. The van der Waals surface area contributed by atoms with Gasteiger partial charge in [0, 0.05) is 13.1 Å². The van der Waals surface area contributed by atoms with E-state index in [4.69, 9.17) is 4.74 Å². The first-order valence-electron chi connectivity index (χ1n) is 5.73. The predicted octanol–water partition coefficient (Wildman–Crippen LogP) is 1.30. The van der Waals surface area contributed by atoms with Gasteiger partial charge < -0.3 is 14.5 Å². The molecule has 1 saturated heterocycles. The van der Waals surface area contributed by atoms with Gasteiger partial charge in [-0.2, -0.15) is 0 Å². The molecule has 3 heteroatoms. The van der Waals surface area contributed by atoms with Gasteiger partial charge in [-0.1, -0.05) is 20.8 Å². The third-order valence-corrected chi connectivity index (χ3v) is 2.58. The summed E-state index contributed by atoms with van der Waals surface area (Å²) < 4.78 is 5.10. The van der Waals surface area contributed by atoms with E-state index in [2.05, 4.69) is 37.6 Å². The van der Waals surface area contributed by atoms with Gasteiger partial charge in [0.1, 0.15) is 0 Å². The van der Waals surface area contributed by atoms with Gasteiger partial charge in [-0.15, -0.1) is 0 Å². The van der Waals surface area contributed by atoms with E-state index in [9.17, 15) is 0 Å². The van der Waals surface area contributed by atoms with Crippen LogP contribution in [0.3, 0.4) is 0 Å². The zero-order chi connectivity index (χ0) is 10.8. The van der Waals surface area contributed by atoms with E-state index in [1.165, 1.54) is 19.6 Å². The molecule has 0 aromatic carbocycles. The lowest BCUT2D eigenvalue weighted by Gasteiger charge is -2.21. The lowest BCUT2D eigenvalue weighted by molar-refractivity contribution is 0.0503. The Hall–Kier alpha value is -0.120. The lowest BCUT2D eigenvalue weighted by Crippen LogP contribution is -2.32. The molecule has 0 saturated carbocycles. The third-order valence-electron chi connectivity index (χ3n) is 2.58. The highest BCUT2D eigenvalue weighted by Gasteiger charge is 2.02. The summed E-state index contributed by atoms with van der Waals surface area (Å²) in [5.74, 6) is 0. The van der Waals surface area contributed by atoms with E-state index in [0.29, 0.717) is 0 Å². The number of hydrogen-bond acceptors (Lipinski definition) is 3. The molecule has 0 N–H and O–H groups in total. The third kappa shape index (κ3) is 7.30. The molecule has 0 unspecified atom stereocenters. The summed E-state index contributed by atoms with van der Waals surface area (Å²) in [7, 11) is 2.11. The second-order valence-electron chi connectivity index (χ2n) is 3.54. The molecule has 1 aliphatic heterocycles. The minimum absolute atomic E-state index is 0.913. The molecule has 0 atom stereocenters. The average molecular weight is 202 g/mol. The monoisotopic (exact) mass is 202 g/mol. The van der Waals surface area contributed by atoms with Gasteiger partial charge in [0.15, 0.2) is 0 Å². The van der Waals surface area contributed by atoms with E-state index < -0.39 is 0 Å². The molecule has 0 spiro atoms. The van der Waals surface area contributed by atoms with Crippen LogP contribution in [0, 0.1) is 0 Å². The molecular formula is C11H26N2O. The zero-order valence-electron chi connectivity index (χ0n) is 10.3. The minimum atomic E-state index is 0.913. The van der Waals surface area contributed by atoms with Gasteiger partial charge in [-0.25, -0.2) is 0 Å². The molecule has 0 aromatic rings. The lowest BCUT2D eigenvalue weighted by atomic mass is 10.5. The molecule has 0 aliphatic carbocycles. The molecule has 1 rings (SSSR count). The van der Waals surface area contributed by atoms with Crippen molar-refractivity contribution in [3.05, 3.63) is 0 Å². The molecule has 0 bridgehead atoms. The van der Waals surface area contributed by atoms with Crippen molar-refractivity contribution in [2.24, 2.45) is 0 Å². The van der Waals surface area contributed by atoms with Crippen LogP contribution >= 0.6 is 0 Å². The van der Waals surface area contributed by atoms with E-state index >= 15 is 0 Å². The first-order chi connectivity index (χ1) is 6.74. The van der Waals surface area contributed by atoms with Gasteiger partial charge in [0.05, 0.1) is 13.2 Å². The smallest absolute Gasteiger partial charge is 0.0594 e. The SMILES string of the molecule is CCN(CC)CC.CN1CCOCC1. The largest absolute Gasteiger partial charge is 0.379 e. The Morgan fingerprint density at radius 3 is 1.57 bits per heavy atom. The van der Waals surface area contributed by atoms with Crippen molar-refractivity contribution in [1.29, 1.82) is 0 Å². The Balaban J connectivity index is 0.000000241. The number of morpholine rings is 1. The van der Waals surface area contributed by atoms with Crippen LogP contribution in [0.15, 0.2) is 0 Å². The van der Waals surface area contributed by atoms with E-state index in [0.717, 1.165) is 26.3 Å². The summed E-state index contributed by atoms with van der Waals surface area (Å²) in [5, 5.41) is 0. The topological polar surface area (TPSA) is 15.7 Å². The first kappa shape index (κ1) is 13.9. The van der Waals surface area contributed by atoms with Gasteiger partial charge >= 0.3 is 0 Å². The van der Waals surface area contributed by atoms with Crippen molar-refractivity contribution in [3.8, 4) is 0 Å². The van der Waals surface area contributed by atoms with Gasteiger partial charge in [-0.3, -0.25) is 0 Å². The minimum Gasteiger partial charge on any atom is -0.379 e. The summed E-state index contributed by atoms with van der Waals surface area (Å²) in [6, 6.07) is 0. The molecule has 1 heterocycles. The number of nitrogens with zero attached hydrogens (tertiary/aromatic N) is 2. The highest BCUT2D eigenvalue weighted by Crippen LogP contribution is 1.89. The summed E-state index contributed by atoms with van der Waals surface area (Å²) in [4.78, 5) is 4.64. The van der Waals surface area contributed by atoms with Gasteiger partial charge in [0.2, 0.25) is 0 Å². The Kier molecular flexibility index (Phi) is 9.35. The van der Waals surface area contributed by atoms with Crippen LogP contribution in [-0.2, 0) is 4.74 Å². The van der Waals surface area contributed by atoms with Gasteiger partial charge in [-0.05, 0) is 26.7 Å². The predicted molar refractivity (Wildman–Crippen MR) is 61.8 cm³/mol. The summed E-state index contributed by atoms with van der Waals surface area (Å²) >= 11 is 0. The van der Waals surface area contributed by atoms with E-state index in [1.807, 2.05) is 0 Å². The van der Waals surface area contributed by atoms with Crippen LogP contribution in [0.5, 0.6) is 0 Å². The average Bonchev–Trinajstić information content (AvgIpc) is 2.22. The number of rotatable bonds is 3. The van der Waals surface area contributed by atoms with Crippen molar-refractivity contribution in [3.63, 3.8) is 0 Å². The Morgan fingerprint density at radius 2 is 1.43 bits per heavy atom. The van der Waals surface area contributed by atoms with Crippen molar-refractivity contribution in [2.45, 2.75) is 20.8 Å². The zero-order valence-corrected chi connectivity index (χ0v) is 10.3. The fourth-order valence-corrected chi connectivity index (χ4v) is 1.33. The van der Waals surface area contributed by atoms with Crippen molar-refractivity contribution < 1.29 is 4.74 Å². The molecule has 1 fully saturated rings. The molecule has 0 amide bonds. The molecule has 86 valence electrons. The number of hydrogen-bond donors (Lipinski definition) is 0. The summed E-state index contributed by atoms with van der Waals surface area (Å²) in [6.45, 7) is 14.1. The Labute approximate surface area is 89.0 Å². The van der Waals surface area contributed by atoms with Crippen LogP contribution < -0.4 is 0 Å². The molecule has 14 heavy (non-hydrogen) atoms. The van der Waals surface area contributed by atoms with Crippen LogP contribution in [-0.4, -0.2) is 62.8 Å². The fourth-order valence-electron chi connectivity index (χ4n) is 1.33. The van der Waals surface area contributed by atoms with Crippen LogP contribution in [0.1, 0.15) is 20.8 Å². The quantitative estimate of drug-likeness (QED) is 0.686. The maximum Gasteiger partial charge on any atom is 0.0594 e. The highest BCUT2D eigenvalue weighted by atomic mass is 16.5. The Bertz CT molecular complexity index is 104. The molecule has 1 aliphatic rings. The molecule has 0 radical (unpaired) electrons. The fraction of sp³-hybridized carbons (Fsp3) is 1.00. The summed E-state index contributed by atoms with van der Waals surface area (Å²) in [6.07, 6.45) is 0. The number of ether oxygens (including phenoxy) is 1. The van der Waals surface area contributed by atoms with Crippen LogP contribution in [0.2, 0.25) is 0 Å². The van der Waals surface area contributed by atoms with Crippen LogP contribution in [0.25, 0.3) is 0 Å².